The number of aliphatic carboxylic acids is 1. The molecule has 0 aromatic carbocycles. The summed E-state index contributed by atoms with van der Waals surface area (Å²) in [4.78, 5) is 25.0. The van der Waals surface area contributed by atoms with Gasteiger partial charge in [0.2, 0.25) is 5.91 Å². The molecule has 1 unspecified atom stereocenters. The van der Waals surface area contributed by atoms with Crippen LogP contribution in [0.2, 0.25) is 0 Å². The zero-order valence-corrected chi connectivity index (χ0v) is 7.84. The Hall–Kier alpha value is -2.05. The SMILES string of the molecule is NC(=O)CCC(Nc1cocn1)C(=O)O. The lowest BCUT2D eigenvalue weighted by atomic mass is 10.1. The predicted molar refractivity (Wildman–Crippen MR) is 50.0 cm³/mol. The topological polar surface area (TPSA) is 118 Å². The maximum Gasteiger partial charge on any atom is 0.326 e. The number of primary amides is 1. The number of carbonyl (C=O) groups is 2. The van der Waals surface area contributed by atoms with Gasteiger partial charge in [0.15, 0.2) is 12.2 Å². The zero-order chi connectivity index (χ0) is 11.3. The average molecular weight is 213 g/mol. The summed E-state index contributed by atoms with van der Waals surface area (Å²) in [5, 5.41) is 11.4. The molecule has 0 saturated heterocycles. The van der Waals surface area contributed by atoms with Crippen molar-refractivity contribution >= 4 is 17.7 Å². The zero-order valence-electron chi connectivity index (χ0n) is 7.84. The third-order valence-electron chi connectivity index (χ3n) is 1.73. The van der Waals surface area contributed by atoms with Crippen molar-refractivity contribution in [1.82, 2.24) is 4.98 Å². The molecule has 1 amide bonds. The van der Waals surface area contributed by atoms with E-state index in [9.17, 15) is 9.59 Å². The summed E-state index contributed by atoms with van der Waals surface area (Å²) in [6, 6.07) is -0.900. The van der Waals surface area contributed by atoms with Crippen molar-refractivity contribution in [2.24, 2.45) is 5.73 Å². The molecule has 0 spiro atoms. The van der Waals surface area contributed by atoms with Crippen LogP contribution < -0.4 is 11.1 Å². The van der Waals surface area contributed by atoms with Gasteiger partial charge in [0.25, 0.3) is 0 Å². The highest BCUT2D eigenvalue weighted by molar-refractivity contribution is 5.79. The van der Waals surface area contributed by atoms with E-state index in [0.717, 1.165) is 0 Å². The second-order valence-electron chi connectivity index (χ2n) is 2.91. The number of hydrogen-bond donors (Lipinski definition) is 3. The Labute approximate surface area is 85.3 Å². The maximum atomic E-state index is 10.8. The molecule has 0 bridgehead atoms. The molecule has 0 fully saturated rings. The highest BCUT2D eigenvalue weighted by Crippen LogP contribution is 2.07. The van der Waals surface area contributed by atoms with Gasteiger partial charge in [-0.15, -0.1) is 0 Å². The highest BCUT2D eigenvalue weighted by atomic mass is 16.4. The van der Waals surface area contributed by atoms with E-state index in [2.05, 4.69) is 14.7 Å². The molecule has 1 rings (SSSR count). The third kappa shape index (κ3) is 3.67. The second-order valence-corrected chi connectivity index (χ2v) is 2.91. The first-order valence-electron chi connectivity index (χ1n) is 4.25. The van der Waals surface area contributed by atoms with Crippen LogP contribution in [0.5, 0.6) is 0 Å². The molecular formula is C8H11N3O4. The van der Waals surface area contributed by atoms with Crippen molar-refractivity contribution in [3.63, 3.8) is 0 Å². The Morgan fingerprint density at radius 2 is 2.40 bits per heavy atom. The number of rotatable bonds is 6. The van der Waals surface area contributed by atoms with E-state index in [0.29, 0.717) is 5.82 Å². The van der Waals surface area contributed by atoms with Gasteiger partial charge in [-0.25, -0.2) is 4.79 Å². The van der Waals surface area contributed by atoms with Gasteiger partial charge >= 0.3 is 5.97 Å². The average Bonchev–Trinajstić information content (AvgIpc) is 2.63. The molecule has 0 aliphatic rings. The Morgan fingerprint density at radius 1 is 1.67 bits per heavy atom. The van der Waals surface area contributed by atoms with E-state index in [1.165, 1.54) is 12.7 Å². The lowest BCUT2D eigenvalue weighted by molar-refractivity contribution is -0.138. The number of oxazole rings is 1. The molecule has 7 heteroatoms. The fourth-order valence-corrected chi connectivity index (χ4v) is 1.01. The Kier molecular flexibility index (Phi) is 3.67. The summed E-state index contributed by atoms with van der Waals surface area (Å²) in [5.74, 6) is -1.30. The lowest BCUT2D eigenvalue weighted by Gasteiger charge is -2.11. The normalized spacial score (nSPS) is 12.0. The van der Waals surface area contributed by atoms with Crippen LogP contribution in [0.15, 0.2) is 17.1 Å². The van der Waals surface area contributed by atoms with Crippen molar-refractivity contribution in [1.29, 1.82) is 0 Å². The quantitative estimate of drug-likeness (QED) is 0.602. The summed E-state index contributed by atoms with van der Waals surface area (Å²) < 4.78 is 4.66. The molecule has 7 nitrogen and oxygen atoms in total. The standard InChI is InChI=1S/C8H11N3O4/c9-6(12)2-1-5(8(13)14)11-7-3-15-4-10-7/h3-5,11H,1-2H2,(H2,9,12)(H,13,14). The van der Waals surface area contributed by atoms with Gasteiger partial charge in [-0.05, 0) is 6.42 Å². The molecule has 0 aliphatic carbocycles. The van der Waals surface area contributed by atoms with Crippen LogP contribution in [0.1, 0.15) is 12.8 Å². The monoisotopic (exact) mass is 213 g/mol. The minimum atomic E-state index is -1.07. The van der Waals surface area contributed by atoms with Crippen LogP contribution in [0, 0.1) is 0 Å². The minimum Gasteiger partial charge on any atom is -0.480 e. The van der Waals surface area contributed by atoms with Gasteiger partial charge in [0, 0.05) is 6.42 Å². The molecule has 82 valence electrons. The van der Waals surface area contributed by atoms with E-state index in [4.69, 9.17) is 10.8 Å². The molecule has 15 heavy (non-hydrogen) atoms. The van der Waals surface area contributed by atoms with Gasteiger partial charge in [-0.3, -0.25) is 4.79 Å². The van der Waals surface area contributed by atoms with E-state index >= 15 is 0 Å². The Morgan fingerprint density at radius 3 is 2.87 bits per heavy atom. The van der Waals surface area contributed by atoms with Crippen molar-refractivity contribution in [2.45, 2.75) is 18.9 Å². The molecule has 1 atom stereocenters. The molecule has 0 saturated carbocycles. The first-order valence-corrected chi connectivity index (χ1v) is 4.25. The number of nitrogens with zero attached hydrogens (tertiary/aromatic N) is 1. The minimum absolute atomic E-state index is 0.00180. The summed E-state index contributed by atoms with van der Waals surface area (Å²) in [6.45, 7) is 0. The summed E-state index contributed by atoms with van der Waals surface area (Å²) >= 11 is 0. The number of hydrogen-bond acceptors (Lipinski definition) is 5. The summed E-state index contributed by atoms with van der Waals surface area (Å²) in [5.41, 5.74) is 4.92. The van der Waals surface area contributed by atoms with E-state index in [1.807, 2.05) is 0 Å². The lowest BCUT2D eigenvalue weighted by Crippen LogP contribution is -2.30. The summed E-state index contributed by atoms with van der Waals surface area (Å²) in [7, 11) is 0. The van der Waals surface area contributed by atoms with Crippen molar-refractivity contribution in [3.8, 4) is 0 Å². The number of carboxylic acids is 1. The van der Waals surface area contributed by atoms with E-state index < -0.39 is 17.9 Å². The van der Waals surface area contributed by atoms with Crippen molar-refractivity contribution in [3.05, 3.63) is 12.7 Å². The first-order chi connectivity index (χ1) is 7.09. The van der Waals surface area contributed by atoms with Gasteiger partial charge in [-0.2, -0.15) is 4.98 Å². The largest absolute Gasteiger partial charge is 0.480 e. The number of carbonyl (C=O) groups excluding carboxylic acids is 1. The van der Waals surface area contributed by atoms with Gasteiger partial charge < -0.3 is 20.6 Å². The number of nitrogens with one attached hydrogen (secondary N) is 1. The molecule has 0 aliphatic heterocycles. The van der Waals surface area contributed by atoms with Crippen molar-refractivity contribution < 1.29 is 19.1 Å². The highest BCUT2D eigenvalue weighted by Gasteiger charge is 2.18. The van der Waals surface area contributed by atoms with Crippen LogP contribution in [-0.4, -0.2) is 28.0 Å². The first kappa shape index (κ1) is 11.0. The van der Waals surface area contributed by atoms with E-state index in [-0.39, 0.29) is 12.8 Å². The van der Waals surface area contributed by atoms with Crippen LogP contribution in [-0.2, 0) is 9.59 Å². The maximum absolute atomic E-state index is 10.8. The molecule has 1 aromatic rings. The van der Waals surface area contributed by atoms with E-state index in [1.54, 1.807) is 0 Å². The number of aromatic nitrogens is 1. The third-order valence-corrected chi connectivity index (χ3v) is 1.73. The number of anilines is 1. The second kappa shape index (κ2) is 4.99. The molecule has 1 aromatic heterocycles. The number of carboxylic acid groups (broad SMARTS) is 1. The van der Waals surface area contributed by atoms with Gasteiger partial charge in [-0.1, -0.05) is 0 Å². The number of amides is 1. The van der Waals surface area contributed by atoms with Gasteiger partial charge in [0.1, 0.15) is 12.3 Å². The molecule has 4 N–H and O–H groups in total. The van der Waals surface area contributed by atoms with Crippen molar-refractivity contribution in [2.75, 3.05) is 5.32 Å². The molecule has 0 radical (unpaired) electrons. The van der Waals surface area contributed by atoms with Crippen LogP contribution in [0.4, 0.5) is 5.82 Å². The predicted octanol–water partition coefficient (Wildman–Crippen LogP) is -0.195. The van der Waals surface area contributed by atoms with Crippen LogP contribution in [0.25, 0.3) is 0 Å². The smallest absolute Gasteiger partial charge is 0.326 e. The molecular weight excluding hydrogens is 202 g/mol. The summed E-state index contributed by atoms with van der Waals surface area (Å²) in [6.07, 6.45) is 2.56. The fraction of sp³-hybridized carbons (Fsp3) is 0.375. The molecule has 1 heterocycles. The number of nitrogens with two attached hydrogens (primary N) is 1. The Balaban J connectivity index is 2.51. The fourth-order valence-electron chi connectivity index (χ4n) is 1.01. The van der Waals surface area contributed by atoms with Gasteiger partial charge in [0.05, 0.1) is 0 Å². The van der Waals surface area contributed by atoms with Crippen LogP contribution in [0.3, 0.4) is 0 Å². The Bertz CT molecular complexity index is 336. The van der Waals surface area contributed by atoms with Crippen LogP contribution >= 0.6 is 0 Å².